The summed E-state index contributed by atoms with van der Waals surface area (Å²) in [6.45, 7) is 0. The molecule has 0 amide bonds. The maximum absolute atomic E-state index is 11.8. The van der Waals surface area contributed by atoms with E-state index >= 15 is 0 Å². The first kappa shape index (κ1) is 16.6. The molecule has 0 aliphatic rings. The van der Waals surface area contributed by atoms with E-state index in [2.05, 4.69) is 0 Å². The Hall–Kier alpha value is -2.75. The van der Waals surface area contributed by atoms with Crippen molar-refractivity contribution in [2.24, 2.45) is 0 Å². The third kappa shape index (κ3) is 5.51. The van der Waals surface area contributed by atoms with Crippen LogP contribution in [0.3, 0.4) is 0 Å². The SMILES string of the molecule is O=C(C=CCCc1ccc(O)c(O)c1)CCc1ccc(O)cc1. The summed E-state index contributed by atoms with van der Waals surface area (Å²) in [6.07, 6.45) is 5.87. The summed E-state index contributed by atoms with van der Waals surface area (Å²) >= 11 is 0. The van der Waals surface area contributed by atoms with Gasteiger partial charge in [-0.25, -0.2) is 0 Å². The lowest BCUT2D eigenvalue weighted by Crippen LogP contribution is -1.96. The van der Waals surface area contributed by atoms with Crippen LogP contribution in [0.4, 0.5) is 0 Å². The number of carbonyl (C=O) groups excluding carboxylic acids is 1. The summed E-state index contributed by atoms with van der Waals surface area (Å²) in [6, 6.07) is 11.6. The monoisotopic (exact) mass is 312 g/mol. The number of allylic oxidation sites excluding steroid dienone is 2. The van der Waals surface area contributed by atoms with Gasteiger partial charge < -0.3 is 15.3 Å². The highest BCUT2D eigenvalue weighted by atomic mass is 16.3. The van der Waals surface area contributed by atoms with E-state index in [1.54, 1.807) is 24.3 Å². The van der Waals surface area contributed by atoms with Gasteiger partial charge in [-0.05, 0) is 60.7 Å². The molecule has 0 aliphatic carbocycles. The average molecular weight is 312 g/mol. The van der Waals surface area contributed by atoms with E-state index in [4.69, 9.17) is 0 Å². The summed E-state index contributed by atoms with van der Waals surface area (Å²) < 4.78 is 0. The predicted octanol–water partition coefficient (Wildman–Crippen LogP) is 3.49. The van der Waals surface area contributed by atoms with Crippen LogP contribution in [0.5, 0.6) is 17.2 Å². The van der Waals surface area contributed by atoms with E-state index in [0.29, 0.717) is 25.7 Å². The standard InChI is InChI=1S/C19H20O4/c20-16(9-5-14-6-10-17(21)11-7-14)4-2-1-3-15-8-12-18(22)19(23)13-15/h2,4,6-8,10-13,21-23H,1,3,5,9H2. The Morgan fingerprint density at radius 3 is 2.26 bits per heavy atom. The zero-order valence-electron chi connectivity index (χ0n) is 12.8. The maximum atomic E-state index is 11.8. The Balaban J connectivity index is 1.73. The maximum Gasteiger partial charge on any atom is 0.157 e. The number of phenols is 3. The lowest BCUT2D eigenvalue weighted by molar-refractivity contribution is -0.114. The molecule has 23 heavy (non-hydrogen) atoms. The van der Waals surface area contributed by atoms with Crippen molar-refractivity contribution >= 4 is 5.78 Å². The number of benzene rings is 2. The quantitative estimate of drug-likeness (QED) is 0.540. The molecule has 0 aliphatic heterocycles. The number of hydrogen-bond acceptors (Lipinski definition) is 4. The Kier molecular flexibility index (Phi) is 5.80. The molecule has 0 saturated heterocycles. The molecule has 4 heteroatoms. The van der Waals surface area contributed by atoms with Gasteiger partial charge in [-0.15, -0.1) is 0 Å². The van der Waals surface area contributed by atoms with E-state index in [9.17, 15) is 20.1 Å². The van der Waals surface area contributed by atoms with Gasteiger partial charge in [0, 0.05) is 6.42 Å². The molecule has 0 aromatic heterocycles. The molecule has 2 aromatic rings. The van der Waals surface area contributed by atoms with Crippen LogP contribution in [0, 0.1) is 0 Å². The Labute approximate surface area is 135 Å². The van der Waals surface area contributed by atoms with Crippen LogP contribution < -0.4 is 0 Å². The predicted molar refractivity (Wildman–Crippen MR) is 88.7 cm³/mol. The van der Waals surface area contributed by atoms with Gasteiger partial charge in [-0.2, -0.15) is 0 Å². The fourth-order valence-corrected chi connectivity index (χ4v) is 2.20. The summed E-state index contributed by atoms with van der Waals surface area (Å²) in [4.78, 5) is 11.8. The van der Waals surface area contributed by atoms with Crippen molar-refractivity contribution in [3.05, 3.63) is 65.7 Å². The first-order valence-corrected chi connectivity index (χ1v) is 7.53. The number of hydrogen-bond donors (Lipinski definition) is 3. The number of aryl methyl sites for hydroxylation is 2. The minimum atomic E-state index is -0.131. The molecule has 4 nitrogen and oxygen atoms in total. The lowest BCUT2D eigenvalue weighted by atomic mass is 10.1. The molecule has 120 valence electrons. The molecule has 2 aromatic carbocycles. The summed E-state index contributed by atoms with van der Waals surface area (Å²) in [5.74, 6) is 0.0250. The molecule has 0 saturated carbocycles. The molecule has 0 atom stereocenters. The van der Waals surface area contributed by atoms with E-state index in [-0.39, 0.29) is 23.0 Å². The van der Waals surface area contributed by atoms with Crippen LogP contribution in [0.25, 0.3) is 0 Å². The van der Waals surface area contributed by atoms with Crippen molar-refractivity contribution in [1.29, 1.82) is 0 Å². The third-order valence-electron chi connectivity index (χ3n) is 3.54. The molecule has 2 rings (SSSR count). The second kappa shape index (κ2) is 8.03. The van der Waals surface area contributed by atoms with Crippen molar-refractivity contribution in [3.8, 4) is 17.2 Å². The first-order valence-electron chi connectivity index (χ1n) is 7.53. The Bertz CT molecular complexity index is 687. The van der Waals surface area contributed by atoms with Gasteiger partial charge in [0.05, 0.1) is 0 Å². The van der Waals surface area contributed by atoms with Gasteiger partial charge in [0.15, 0.2) is 17.3 Å². The Morgan fingerprint density at radius 2 is 1.57 bits per heavy atom. The molecule has 0 heterocycles. The fraction of sp³-hybridized carbons (Fsp3) is 0.211. The van der Waals surface area contributed by atoms with Gasteiger partial charge in [0.1, 0.15) is 5.75 Å². The van der Waals surface area contributed by atoms with Crippen molar-refractivity contribution in [2.75, 3.05) is 0 Å². The third-order valence-corrected chi connectivity index (χ3v) is 3.54. The lowest BCUT2D eigenvalue weighted by Gasteiger charge is -2.01. The fourth-order valence-electron chi connectivity index (χ4n) is 2.20. The van der Waals surface area contributed by atoms with Crippen LogP contribution in [0.15, 0.2) is 54.6 Å². The highest BCUT2D eigenvalue weighted by Gasteiger charge is 2.01. The van der Waals surface area contributed by atoms with Crippen LogP contribution >= 0.6 is 0 Å². The number of phenolic OH excluding ortho intramolecular Hbond substituents is 3. The van der Waals surface area contributed by atoms with Gasteiger partial charge in [0.25, 0.3) is 0 Å². The highest BCUT2D eigenvalue weighted by Crippen LogP contribution is 2.25. The number of aromatic hydroxyl groups is 3. The second-order valence-corrected chi connectivity index (χ2v) is 5.40. The van der Waals surface area contributed by atoms with Crippen LogP contribution in [-0.2, 0) is 17.6 Å². The van der Waals surface area contributed by atoms with E-state index in [1.165, 1.54) is 12.1 Å². The molecule has 0 radical (unpaired) electrons. The topological polar surface area (TPSA) is 77.8 Å². The number of ketones is 1. The minimum absolute atomic E-state index is 0.0617. The van der Waals surface area contributed by atoms with Crippen LogP contribution in [0.2, 0.25) is 0 Å². The average Bonchev–Trinajstić information content (AvgIpc) is 2.54. The zero-order chi connectivity index (χ0) is 16.7. The van der Waals surface area contributed by atoms with Gasteiger partial charge in [0.2, 0.25) is 0 Å². The van der Waals surface area contributed by atoms with Crippen molar-refractivity contribution < 1.29 is 20.1 Å². The molecule has 0 spiro atoms. The summed E-state index contributed by atoms with van der Waals surface area (Å²) in [5.41, 5.74) is 1.92. The molecular formula is C19H20O4. The van der Waals surface area contributed by atoms with Gasteiger partial charge in [-0.1, -0.05) is 24.3 Å². The minimum Gasteiger partial charge on any atom is -0.508 e. The molecule has 0 unspecified atom stereocenters. The van der Waals surface area contributed by atoms with Crippen molar-refractivity contribution in [1.82, 2.24) is 0 Å². The van der Waals surface area contributed by atoms with E-state index < -0.39 is 0 Å². The first-order chi connectivity index (χ1) is 11.0. The summed E-state index contributed by atoms with van der Waals surface area (Å²) in [5, 5.41) is 27.8. The number of rotatable bonds is 7. The normalized spacial score (nSPS) is 11.0. The highest BCUT2D eigenvalue weighted by molar-refractivity contribution is 5.89. The number of carbonyl (C=O) groups is 1. The van der Waals surface area contributed by atoms with E-state index in [1.807, 2.05) is 18.2 Å². The van der Waals surface area contributed by atoms with Crippen molar-refractivity contribution in [2.45, 2.75) is 25.7 Å². The molecule has 0 bridgehead atoms. The van der Waals surface area contributed by atoms with Crippen LogP contribution in [-0.4, -0.2) is 21.1 Å². The van der Waals surface area contributed by atoms with Gasteiger partial charge >= 0.3 is 0 Å². The van der Waals surface area contributed by atoms with Crippen LogP contribution in [0.1, 0.15) is 24.0 Å². The zero-order valence-corrected chi connectivity index (χ0v) is 12.8. The molecule has 0 fully saturated rings. The van der Waals surface area contributed by atoms with Crippen molar-refractivity contribution in [3.63, 3.8) is 0 Å². The second-order valence-electron chi connectivity index (χ2n) is 5.40. The van der Waals surface area contributed by atoms with Gasteiger partial charge in [-0.3, -0.25) is 4.79 Å². The van der Waals surface area contributed by atoms with E-state index in [0.717, 1.165) is 11.1 Å². The molecule has 3 N–H and O–H groups in total. The molecular weight excluding hydrogens is 292 g/mol. The Morgan fingerprint density at radius 1 is 0.870 bits per heavy atom. The largest absolute Gasteiger partial charge is 0.508 e. The smallest absolute Gasteiger partial charge is 0.157 e. The summed E-state index contributed by atoms with van der Waals surface area (Å²) in [7, 11) is 0.